The number of aromatic nitrogens is 3. The lowest BCUT2D eigenvalue weighted by atomic mass is 10.0. The van der Waals surface area contributed by atoms with Gasteiger partial charge in [-0.15, -0.1) is 0 Å². The summed E-state index contributed by atoms with van der Waals surface area (Å²) in [6, 6.07) is 21.9. The van der Waals surface area contributed by atoms with Gasteiger partial charge in [-0.3, -0.25) is 0 Å². The van der Waals surface area contributed by atoms with E-state index in [9.17, 15) is 0 Å². The summed E-state index contributed by atoms with van der Waals surface area (Å²) in [5, 5.41) is 3.80. The van der Waals surface area contributed by atoms with E-state index in [-0.39, 0.29) is 23.0 Å². The van der Waals surface area contributed by atoms with Crippen LogP contribution in [0.4, 0.5) is 0 Å². The van der Waals surface area contributed by atoms with Crippen LogP contribution in [0.25, 0.3) is 78.0 Å². The van der Waals surface area contributed by atoms with Crippen molar-refractivity contribution < 1.29 is 15.7 Å². The summed E-state index contributed by atoms with van der Waals surface area (Å²) in [7, 11) is 0. The molecular weight excluding hydrogens is 506 g/mol. The zero-order valence-electron chi connectivity index (χ0n) is 25.0. The molecule has 0 saturated carbocycles. The van der Waals surface area contributed by atoms with Crippen LogP contribution in [0.5, 0.6) is 0 Å². The van der Waals surface area contributed by atoms with E-state index in [2.05, 4.69) is 0 Å². The van der Waals surface area contributed by atoms with E-state index in [0.717, 1.165) is 21.5 Å². The predicted molar refractivity (Wildman–Crippen MR) is 156 cm³/mol. The van der Waals surface area contributed by atoms with Gasteiger partial charge in [0.25, 0.3) is 0 Å². The number of benzene rings is 5. The second kappa shape index (κ2) is 8.51. The normalized spacial score (nSPS) is 13.5. The number of furan rings is 2. The lowest BCUT2D eigenvalue weighted by molar-refractivity contribution is 0.668. The molecule has 0 atom stereocenters. The van der Waals surface area contributed by atoms with E-state index in [1.54, 1.807) is 18.2 Å². The number of hydrogen-bond acceptors (Lipinski definition) is 5. The minimum absolute atomic E-state index is 0.0713. The van der Waals surface area contributed by atoms with Gasteiger partial charge in [0.1, 0.15) is 22.3 Å². The first-order valence-electron chi connectivity index (χ1n) is 14.7. The lowest BCUT2D eigenvalue weighted by Gasteiger charge is -2.09. The molecule has 3 heterocycles. The summed E-state index contributed by atoms with van der Waals surface area (Å²) >= 11 is 6.37. The van der Waals surface area contributed by atoms with Crippen molar-refractivity contribution >= 4 is 55.5 Å². The van der Waals surface area contributed by atoms with Gasteiger partial charge in [-0.05, 0) is 36.4 Å². The third-order valence-corrected chi connectivity index (χ3v) is 6.94. The Bertz CT molecular complexity index is 2460. The highest BCUT2D eigenvalue weighted by Gasteiger charge is 2.20. The SMILES string of the molecule is [2H]c1c([2H])c([2H])c(-c2nc(-c3cccc4c3oc3ccccc34)nc(-c3cccc4oc5ccc(Cl)cc5c34)n2)c([2H])c1[2H]. The molecule has 0 saturated heterocycles. The summed E-state index contributed by atoms with van der Waals surface area (Å²) < 4.78 is 54.3. The topological polar surface area (TPSA) is 65.0 Å². The molecule has 0 aliphatic heterocycles. The van der Waals surface area contributed by atoms with Crippen LogP contribution in [-0.2, 0) is 0 Å². The van der Waals surface area contributed by atoms with Crippen molar-refractivity contribution in [1.29, 1.82) is 0 Å². The Morgan fingerprint density at radius 2 is 1.28 bits per heavy atom. The van der Waals surface area contributed by atoms with Crippen molar-refractivity contribution in [3.63, 3.8) is 0 Å². The van der Waals surface area contributed by atoms with Gasteiger partial charge >= 0.3 is 0 Å². The average molecular weight is 529 g/mol. The second-order valence-corrected chi connectivity index (χ2v) is 9.44. The third-order valence-electron chi connectivity index (χ3n) is 6.70. The predicted octanol–water partition coefficient (Wildman–Crippen LogP) is 9.32. The maximum Gasteiger partial charge on any atom is 0.167 e. The molecule has 0 bridgehead atoms. The molecular formula is C33H18ClN3O2. The monoisotopic (exact) mass is 528 g/mol. The van der Waals surface area contributed by atoms with Crippen molar-refractivity contribution in [2.24, 2.45) is 0 Å². The molecule has 5 nitrogen and oxygen atoms in total. The molecule has 3 aromatic heterocycles. The largest absolute Gasteiger partial charge is 0.456 e. The fourth-order valence-corrected chi connectivity index (χ4v) is 5.17. The van der Waals surface area contributed by atoms with E-state index in [1.807, 2.05) is 60.7 Å². The highest BCUT2D eigenvalue weighted by atomic mass is 35.5. The van der Waals surface area contributed by atoms with Crippen LogP contribution in [0.3, 0.4) is 0 Å². The molecule has 0 fully saturated rings. The van der Waals surface area contributed by atoms with E-state index < -0.39 is 30.2 Å². The third kappa shape index (κ3) is 3.51. The molecule has 0 spiro atoms. The molecule has 0 aliphatic carbocycles. The molecule has 6 heteroatoms. The maximum absolute atomic E-state index is 8.64. The summed E-state index contributed by atoms with van der Waals surface area (Å²) in [4.78, 5) is 14.3. The van der Waals surface area contributed by atoms with Gasteiger partial charge in [0.15, 0.2) is 17.5 Å². The Hall–Kier alpha value is -5.00. The van der Waals surface area contributed by atoms with Crippen molar-refractivity contribution in [1.82, 2.24) is 15.0 Å². The van der Waals surface area contributed by atoms with Crippen molar-refractivity contribution in [2.75, 3.05) is 0 Å². The minimum atomic E-state index is -0.503. The molecule has 0 unspecified atom stereocenters. The first-order valence-corrected chi connectivity index (χ1v) is 12.5. The number of nitrogens with zero attached hydrogens (tertiary/aromatic N) is 3. The number of hydrogen-bond donors (Lipinski definition) is 0. The summed E-state index contributed by atoms with van der Waals surface area (Å²) in [5.41, 5.74) is 3.48. The zero-order valence-corrected chi connectivity index (χ0v) is 20.8. The van der Waals surface area contributed by atoms with Crippen LogP contribution >= 0.6 is 11.6 Å². The highest BCUT2D eigenvalue weighted by molar-refractivity contribution is 6.32. The van der Waals surface area contributed by atoms with Gasteiger partial charge in [0.2, 0.25) is 0 Å². The molecule has 0 N–H and O–H groups in total. The zero-order chi connectivity index (χ0) is 30.3. The van der Waals surface area contributed by atoms with E-state index >= 15 is 0 Å². The smallest absolute Gasteiger partial charge is 0.167 e. The quantitative estimate of drug-likeness (QED) is 0.228. The average Bonchev–Trinajstić information content (AvgIpc) is 3.61. The van der Waals surface area contributed by atoms with Gasteiger partial charge in [0.05, 0.1) is 12.4 Å². The maximum atomic E-state index is 8.64. The van der Waals surface area contributed by atoms with E-state index in [4.69, 9.17) is 42.2 Å². The van der Waals surface area contributed by atoms with Gasteiger partial charge in [-0.25, -0.2) is 15.0 Å². The van der Waals surface area contributed by atoms with Crippen LogP contribution < -0.4 is 0 Å². The fraction of sp³-hybridized carbons (Fsp3) is 0. The minimum Gasteiger partial charge on any atom is -0.456 e. The first-order chi connectivity index (χ1) is 21.3. The molecule has 8 aromatic rings. The summed E-state index contributed by atoms with van der Waals surface area (Å²) in [6.45, 7) is 0. The number of rotatable bonds is 3. The van der Waals surface area contributed by atoms with E-state index in [0.29, 0.717) is 38.5 Å². The van der Waals surface area contributed by atoms with Gasteiger partial charge in [-0.1, -0.05) is 84.3 Å². The Kier molecular flexibility index (Phi) is 3.82. The fourth-order valence-electron chi connectivity index (χ4n) is 5.00. The summed E-state index contributed by atoms with van der Waals surface area (Å²) in [5.74, 6) is 0.362. The number of halogens is 1. The van der Waals surface area contributed by atoms with Crippen molar-refractivity contribution in [2.45, 2.75) is 0 Å². The molecule has 39 heavy (non-hydrogen) atoms. The molecule has 184 valence electrons. The van der Waals surface area contributed by atoms with Crippen molar-refractivity contribution in [3.8, 4) is 34.2 Å². The van der Waals surface area contributed by atoms with Gasteiger partial charge in [0, 0.05) is 37.7 Å². The van der Waals surface area contributed by atoms with Crippen LogP contribution in [-0.4, -0.2) is 15.0 Å². The molecule has 0 amide bonds. The lowest BCUT2D eigenvalue weighted by Crippen LogP contribution is -2.00. The van der Waals surface area contributed by atoms with Crippen LogP contribution in [0.2, 0.25) is 5.02 Å². The first kappa shape index (κ1) is 17.5. The van der Waals surface area contributed by atoms with Crippen LogP contribution in [0.15, 0.2) is 118 Å². The molecule has 8 rings (SSSR count). The highest BCUT2D eigenvalue weighted by Crippen LogP contribution is 2.39. The Morgan fingerprint density at radius 3 is 2.18 bits per heavy atom. The molecule has 5 aromatic carbocycles. The second-order valence-electron chi connectivity index (χ2n) is 9.01. The number of para-hydroxylation sites is 2. The Morgan fingerprint density at radius 1 is 0.590 bits per heavy atom. The van der Waals surface area contributed by atoms with Crippen LogP contribution in [0, 0.1) is 0 Å². The summed E-state index contributed by atoms with van der Waals surface area (Å²) in [6.07, 6.45) is 0. The van der Waals surface area contributed by atoms with Crippen LogP contribution in [0.1, 0.15) is 6.85 Å². The van der Waals surface area contributed by atoms with E-state index in [1.165, 1.54) is 0 Å². The number of fused-ring (bicyclic) bond motifs is 6. The standard InChI is InChI=1S/C33H18ClN3O2/c34-20-16-17-27-25(18-20)29-23(12-7-15-28(29)38-27)32-35-31(19-8-2-1-3-9-19)36-33(37-32)24-13-6-11-22-21-10-4-5-14-26(21)39-30(22)24/h1-18H/i1D,2D,3D,8D,9D. The van der Waals surface area contributed by atoms with Gasteiger partial charge in [-0.2, -0.15) is 0 Å². The Balaban J connectivity index is 1.48. The molecule has 0 radical (unpaired) electrons. The van der Waals surface area contributed by atoms with Gasteiger partial charge < -0.3 is 8.83 Å². The Labute approximate surface area is 234 Å². The van der Waals surface area contributed by atoms with Crippen molar-refractivity contribution in [3.05, 3.63) is 114 Å². The molecule has 0 aliphatic rings.